The molecular formula is C38H63N7O7. The van der Waals surface area contributed by atoms with Crippen LogP contribution in [0.5, 0.6) is 5.75 Å². The smallest absolute Gasteiger partial charge is 0.320 e. The Kier molecular flexibility index (Phi) is 23.0. The minimum Gasteiger partial charge on any atom is -0.494 e. The first-order valence-electron chi connectivity index (χ1n) is 19.7. The molecule has 0 spiro atoms. The summed E-state index contributed by atoms with van der Waals surface area (Å²) in [6.45, 7) is 2.73. The van der Waals surface area contributed by atoms with Crippen LogP contribution < -0.4 is 20.7 Å². The number of nitrogens with one attached hydrogen (secondary N) is 4. The molecule has 1 aromatic carbocycles. The Labute approximate surface area is 309 Å². The van der Waals surface area contributed by atoms with E-state index in [0.717, 1.165) is 62.9 Å². The van der Waals surface area contributed by atoms with Gasteiger partial charge in [-0.3, -0.25) is 14.4 Å². The summed E-state index contributed by atoms with van der Waals surface area (Å²) in [6.07, 6.45) is 20.5. The van der Waals surface area contributed by atoms with Crippen LogP contribution in [0.25, 0.3) is 11.4 Å². The summed E-state index contributed by atoms with van der Waals surface area (Å²) in [5.41, 5.74) is 0.914. The van der Waals surface area contributed by atoms with Crippen LogP contribution in [0.4, 0.5) is 0 Å². The van der Waals surface area contributed by atoms with Gasteiger partial charge in [-0.05, 0) is 74.4 Å². The van der Waals surface area contributed by atoms with Gasteiger partial charge in [-0.1, -0.05) is 70.6 Å². The topological polar surface area (TPSA) is 190 Å². The number of hydrogen-bond donors (Lipinski definition) is 5. The zero-order chi connectivity index (χ0) is 36.9. The molecule has 1 aliphatic rings. The van der Waals surface area contributed by atoms with Crippen LogP contribution in [0.1, 0.15) is 122 Å². The summed E-state index contributed by atoms with van der Waals surface area (Å²) in [5.74, 6) is 0.507. The van der Waals surface area contributed by atoms with Gasteiger partial charge in [0.25, 0.3) is 0 Å². The number of ether oxygens (including phenoxy) is 3. The Bertz CT molecular complexity index is 1210. The van der Waals surface area contributed by atoms with Gasteiger partial charge in [-0.15, -0.1) is 10.2 Å². The third-order valence-corrected chi connectivity index (χ3v) is 9.00. The molecule has 0 bridgehead atoms. The summed E-state index contributed by atoms with van der Waals surface area (Å²) >= 11 is 0. The number of amides is 2. The minimum absolute atomic E-state index is 0.0387. The van der Waals surface area contributed by atoms with Crippen LogP contribution in [0.3, 0.4) is 0 Å². The van der Waals surface area contributed by atoms with Crippen molar-refractivity contribution in [1.82, 2.24) is 36.6 Å². The fourth-order valence-corrected chi connectivity index (χ4v) is 5.81. The molecular weight excluding hydrogens is 666 g/mol. The summed E-state index contributed by atoms with van der Waals surface area (Å²) in [4.78, 5) is 35.2. The van der Waals surface area contributed by atoms with Crippen molar-refractivity contribution in [2.75, 3.05) is 46.1 Å². The number of rotatable bonds is 34. The van der Waals surface area contributed by atoms with E-state index in [1.807, 2.05) is 24.3 Å². The number of H-pyrrole nitrogens is 1. The third kappa shape index (κ3) is 21.7. The number of carbonyl (C=O) groups is 3. The van der Waals surface area contributed by atoms with Gasteiger partial charge in [0.05, 0.1) is 26.4 Å². The molecule has 14 heteroatoms. The van der Waals surface area contributed by atoms with Crippen LogP contribution in [0, 0.1) is 0 Å². The number of aromatic nitrogens is 4. The van der Waals surface area contributed by atoms with E-state index in [9.17, 15) is 19.5 Å². The van der Waals surface area contributed by atoms with E-state index in [4.69, 9.17) is 14.2 Å². The zero-order valence-electron chi connectivity index (χ0n) is 31.1. The number of tetrazole rings is 1. The molecule has 3 rings (SSSR count). The molecule has 1 saturated carbocycles. The van der Waals surface area contributed by atoms with E-state index in [1.165, 1.54) is 64.2 Å². The summed E-state index contributed by atoms with van der Waals surface area (Å²) in [5, 5.41) is 32.1. The fourth-order valence-electron chi connectivity index (χ4n) is 5.81. The van der Waals surface area contributed by atoms with Crippen LogP contribution >= 0.6 is 0 Å². The molecule has 0 aliphatic heterocycles. The molecule has 5 N–H and O–H groups in total. The monoisotopic (exact) mass is 729 g/mol. The number of unbranched alkanes of at least 4 members (excludes halogenated alkanes) is 13. The van der Waals surface area contributed by atoms with Crippen molar-refractivity contribution in [1.29, 1.82) is 0 Å². The Morgan fingerprint density at radius 3 is 2.00 bits per heavy atom. The highest BCUT2D eigenvalue weighted by molar-refractivity contribution is 5.77. The lowest BCUT2D eigenvalue weighted by atomic mass is 10.0. The number of carboxylic acid groups (broad SMARTS) is 1. The van der Waals surface area contributed by atoms with E-state index < -0.39 is 12.0 Å². The van der Waals surface area contributed by atoms with Crippen molar-refractivity contribution < 1.29 is 33.7 Å². The number of benzene rings is 1. The van der Waals surface area contributed by atoms with Crippen molar-refractivity contribution in [2.24, 2.45) is 0 Å². The molecule has 2 amide bonds. The van der Waals surface area contributed by atoms with E-state index in [-0.39, 0.29) is 18.4 Å². The van der Waals surface area contributed by atoms with Gasteiger partial charge in [-0.2, -0.15) is 5.21 Å². The van der Waals surface area contributed by atoms with E-state index >= 15 is 0 Å². The van der Waals surface area contributed by atoms with Crippen molar-refractivity contribution >= 4 is 17.8 Å². The molecule has 0 saturated heterocycles. The van der Waals surface area contributed by atoms with Crippen LogP contribution in [0.2, 0.25) is 0 Å². The molecule has 1 aliphatic carbocycles. The minimum atomic E-state index is -0.812. The van der Waals surface area contributed by atoms with Crippen molar-refractivity contribution in [3.63, 3.8) is 0 Å². The largest absolute Gasteiger partial charge is 0.494 e. The van der Waals surface area contributed by atoms with Gasteiger partial charge < -0.3 is 35.3 Å². The molecule has 0 unspecified atom stereocenters. The molecule has 1 aromatic heterocycles. The standard InChI is InChI=1S/C38H63N7O7/c46-35(40-25-27-50-28-29-51-30-36(47)39-24-14-13-16-34(38(48)49)41-32-20-21-32)17-12-10-8-6-4-2-1-3-5-7-9-11-15-26-52-33-22-18-31(19-23-33)37-42-44-45-43-37/h18-19,22-23,32,34,41H,1-17,20-21,24-30H2,(H,39,47)(H,40,46)(H,48,49)(H,42,43,44,45)/t34-/m0/s1. The predicted octanol–water partition coefficient (Wildman–Crippen LogP) is 5.35. The molecule has 1 fully saturated rings. The van der Waals surface area contributed by atoms with Gasteiger partial charge in [0.1, 0.15) is 18.4 Å². The van der Waals surface area contributed by atoms with Crippen LogP contribution in [-0.4, -0.2) is 102 Å². The molecule has 1 atom stereocenters. The number of nitrogens with zero attached hydrogens (tertiary/aromatic N) is 3. The highest BCUT2D eigenvalue weighted by Crippen LogP contribution is 2.21. The van der Waals surface area contributed by atoms with Crippen molar-refractivity contribution in [3.8, 4) is 17.1 Å². The van der Waals surface area contributed by atoms with E-state index in [2.05, 4.69) is 36.6 Å². The van der Waals surface area contributed by atoms with Gasteiger partial charge in [0, 0.05) is 31.1 Å². The molecule has 14 nitrogen and oxygen atoms in total. The second-order valence-electron chi connectivity index (χ2n) is 13.6. The number of aromatic amines is 1. The Morgan fingerprint density at radius 2 is 1.37 bits per heavy atom. The maximum atomic E-state index is 12.0. The Morgan fingerprint density at radius 1 is 0.731 bits per heavy atom. The lowest BCUT2D eigenvalue weighted by Gasteiger charge is -2.13. The van der Waals surface area contributed by atoms with Crippen LogP contribution in [-0.2, 0) is 23.9 Å². The lowest BCUT2D eigenvalue weighted by molar-refractivity contribution is -0.139. The average molecular weight is 730 g/mol. The van der Waals surface area contributed by atoms with Gasteiger partial charge >= 0.3 is 5.97 Å². The van der Waals surface area contributed by atoms with Gasteiger partial charge in [0.2, 0.25) is 17.6 Å². The molecule has 2 aromatic rings. The third-order valence-electron chi connectivity index (χ3n) is 9.00. The summed E-state index contributed by atoms with van der Waals surface area (Å²) in [7, 11) is 0. The maximum absolute atomic E-state index is 12.0. The quantitative estimate of drug-likeness (QED) is 0.0584. The first-order valence-corrected chi connectivity index (χ1v) is 19.7. The van der Waals surface area contributed by atoms with Crippen molar-refractivity contribution in [2.45, 2.75) is 134 Å². The van der Waals surface area contributed by atoms with Gasteiger partial charge in [-0.25, -0.2) is 0 Å². The first-order chi connectivity index (χ1) is 25.5. The molecule has 52 heavy (non-hydrogen) atoms. The zero-order valence-corrected chi connectivity index (χ0v) is 31.1. The molecule has 0 radical (unpaired) electrons. The fraction of sp³-hybridized carbons (Fsp3) is 0.737. The highest BCUT2D eigenvalue weighted by Gasteiger charge is 2.27. The summed E-state index contributed by atoms with van der Waals surface area (Å²) in [6, 6.07) is 7.62. The number of carboxylic acids is 1. The van der Waals surface area contributed by atoms with Crippen LogP contribution in [0.15, 0.2) is 24.3 Å². The second kappa shape index (κ2) is 28.0. The Hall–Kier alpha value is -3.62. The SMILES string of the molecule is O=C(CCCCCCCCCCCCCCCOc1ccc(-c2nn[nH]n2)cc1)NCCOCCOCC(=O)NCCCC[C@H](NC1CC1)C(=O)O. The number of aliphatic carboxylic acids is 1. The normalized spacial score (nSPS) is 13.2. The predicted molar refractivity (Wildman–Crippen MR) is 199 cm³/mol. The van der Waals surface area contributed by atoms with Crippen molar-refractivity contribution in [3.05, 3.63) is 24.3 Å². The molecule has 292 valence electrons. The number of carbonyl (C=O) groups excluding carboxylic acids is 2. The van der Waals surface area contributed by atoms with Gasteiger partial charge in [0.15, 0.2) is 0 Å². The highest BCUT2D eigenvalue weighted by atomic mass is 16.5. The lowest BCUT2D eigenvalue weighted by Crippen LogP contribution is -2.38. The molecule has 1 heterocycles. The second-order valence-corrected chi connectivity index (χ2v) is 13.6. The van der Waals surface area contributed by atoms with E-state index in [0.29, 0.717) is 57.6 Å². The maximum Gasteiger partial charge on any atom is 0.320 e. The summed E-state index contributed by atoms with van der Waals surface area (Å²) < 4.78 is 16.7. The Balaban J connectivity index is 0.963. The average Bonchev–Trinajstić information content (AvgIpc) is 3.80. The van der Waals surface area contributed by atoms with E-state index in [1.54, 1.807) is 0 Å². The first kappa shape index (κ1) is 42.8. The number of hydrogen-bond acceptors (Lipinski definition) is 10.